The molecular weight excluding hydrogens is 296 g/mol. The van der Waals surface area contributed by atoms with Crippen LogP contribution in [0.1, 0.15) is 28.7 Å². The zero-order valence-corrected chi connectivity index (χ0v) is 11.5. The van der Waals surface area contributed by atoms with Crippen LogP contribution < -0.4 is 0 Å². The standard InChI is InChI=1S/C13H13BrN2O2/c1-2-11-7-12(13(17)18)16(15-11)8-9-4-3-5-10(14)6-9/h3-7H,2,8H2,1H3,(H,17,18). The molecule has 0 radical (unpaired) electrons. The molecular formula is C13H13BrN2O2. The van der Waals surface area contributed by atoms with Gasteiger partial charge in [-0.1, -0.05) is 35.0 Å². The van der Waals surface area contributed by atoms with E-state index in [1.54, 1.807) is 6.07 Å². The number of aromatic carboxylic acids is 1. The van der Waals surface area contributed by atoms with E-state index in [-0.39, 0.29) is 5.69 Å². The molecule has 0 unspecified atom stereocenters. The first-order chi connectivity index (χ1) is 8.60. The van der Waals surface area contributed by atoms with Gasteiger partial charge in [-0.05, 0) is 30.2 Å². The number of carbonyl (C=O) groups is 1. The number of aromatic nitrogens is 2. The summed E-state index contributed by atoms with van der Waals surface area (Å²) in [6, 6.07) is 9.38. The fraction of sp³-hybridized carbons (Fsp3) is 0.231. The summed E-state index contributed by atoms with van der Waals surface area (Å²) in [7, 11) is 0. The Balaban J connectivity index is 2.33. The molecule has 0 amide bonds. The van der Waals surface area contributed by atoms with Crippen molar-refractivity contribution in [3.8, 4) is 0 Å². The fourth-order valence-corrected chi connectivity index (χ4v) is 2.19. The second-order valence-corrected chi connectivity index (χ2v) is 4.88. The molecule has 0 bridgehead atoms. The number of hydrogen-bond donors (Lipinski definition) is 1. The average Bonchev–Trinajstić information content (AvgIpc) is 2.72. The number of carboxylic acids is 1. The summed E-state index contributed by atoms with van der Waals surface area (Å²) >= 11 is 3.40. The van der Waals surface area contributed by atoms with Crippen molar-refractivity contribution in [1.29, 1.82) is 0 Å². The van der Waals surface area contributed by atoms with Crippen LogP contribution in [-0.2, 0) is 13.0 Å². The number of aryl methyl sites for hydroxylation is 1. The number of carboxylic acid groups (broad SMARTS) is 1. The molecule has 1 heterocycles. The normalized spacial score (nSPS) is 10.6. The van der Waals surface area contributed by atoms with E-state index >= 15 is 0 Å². The van der Waals surface area contributed by atoms with E-state index in [4.69, 9.17) is 5.11 Å². The Bertz CT molecular complexity index is 578. The van der Waals surface area contributed by atoms with Gasteiger partial charge in [-0.3, -0.25) is 4.68 Å². The molecule has 4 nitrogen and oxygen atoms in total. The zero-order chi connectivity index (χ0) is 13.1. The summed E-state index contributed by atoms with van der Waals surface area (Å²) in [6.07, 6.45) is 0.728. The van der Waals surface area contributed by atoms with Gasteiger partial charge in [0.25, 0.3) is 0 Å². The maximum absolute atomic E-state index is 11.1. The Labute approximate surface area is 113 Å². The number of halogens is 1. The average molecular weight is 309 g/mol. The maximum atomic E-state index is 11.1. The van der Waals surface area contributed by atoms with Gasteiger partial charge < -0.3 is 5.11 Å². The quantitative estimate of drug-likeness (QED) is 0.944. The lowest BCUT2D eigenvalue weighted by atomic mass is 10.2. The van der Waals surface area contributed by atoms with Crippen molar-refractivity contribution in [1.82, 2.24) is 9.78 Å². The highest BCUT2D eigenvalue weighted by molar-refractivity contribution is 9.10. The van der Waals surface area contributed by atoms with Crippen LogP contribution in [0.15, 0.2) is 34.8 Å². The highest BCUT2D eigenvalue weighted by Crippen LogP contribution is 2.14. The number of hydrogen-bond acceptors (Lipinski definition) is 2. The predicted octanol–water partition coefficient (Wildman–Crippen LogP) is 2.95. The molecule has 0 saturated heterocycles. The summed E-state index contributed by atoms with van der Waals surface area (Å²) in [4.78, 5) is 11.1. The molecule has 2 rings (SSSR count). The number of rotatable bonds is 4. The molecule has 2 aromatic rings. The summed E-state index contributed by atoms with van der Waals surface area (Å²) < 4.78 is 2.50. The Morgan fingerprint density at radius 3 is 2.83 bits per heavy atom. The van der Waals surface area contributed by atoms with Crippen LogP contribution in [0.4, 0.5) is 0 Å². The topological polar surface area (TPSA) is 55.1 Å². The molecule has 18 heavy (non-hydrogen) atoms. The van der Waals surface area contributed by atoms with Gasteiger partial charge in [0.2, 0.25) is 0 Å². The van der Waals surface area contributed by atoms with Crippen LogP contribution in [-0.4, -0.2) is 20.9 Å². The first-order valence-corrected chi connectivity index (χ1v) is 6.44. The largest absolute Gasteiger partial charge is 0.477 e. The van der Waals surface area contributed by atoms with Crippen molar-refractivity contribution in [3.63, 3.8) is 0 Å². The van der Waals surface area contributed by atoms with Crippen LogP contribution in [0.5, 0.6) is 0 Å². The van der Waals surface area contributed by atoms with Gasteiger partial charge in [-0.15, -0.1) is 0 Å². The minimum Gasteiger partial charge on any atom is -0.477 e. The number of nitrogens with zero attached hydrogens (tertiary/aromatic N) is 2. The van der Waals surface area contributed by atoms with E-state index in [0.717, 1.165) is 22.2 Å². The van der Waals surface area contributed by atoms with Crippen LogP contribution in [0.2, 0.25) is 0 Å². The monoisotopic (exact) mass is 308 g/mol. The van der Waals surface area contributed by atoms with Gasteiger partial charge in [0.15, 0.2) is 0 Å². The highest BCUT2D eigenvalue weighted by atomic mass is 79.9. The van der Waals surface area contributed by atoms with E-state index in [1.165, 1.54) is 4.68 Å². The number of benzene rings is 1. The molecule has 0 fully saturated rings. The van der Waals surface area contributed by atoms with E-state index in [0.29, 0.717) is 6.54 Å². The SMILES string of the molecule is CCc1cc(C(=O)O)n(Cc2cccc(Br)c2)n1. The fourth-order valence-electron chi connectivity index (χ4n) is 1.74. The molecule has 0 saturated carbocycles. The second-order valence-electron chi connectivity index (χ2n) is 3.97. The van der Waals surface area contributed by atoms with Crippen molar-refractivity contribution in [3.05, 3.63) is 51.8 Å². The molecule has 1 aromatic heterocycles. The van der Waals surface area contributed by atoms with Gasteiger partial charge >= 0.3 is 5.97 Å². The Morgan fingerprint density at radius 2 is 2.22 bits per heavy atom. The van der Waals surface area contributed by atoms with Gasteiger partial charge in [0, 0.05) is 4.47 Å². The molecule has 1 aromatic carbocycles. The Hall–Kier alpha value is -1.62. The van der Waals surface area contributed by atoms with Crippen LogP contribution >= 0.6 is 15.9 Å². The Morgan fingerprint density at radius 1 is 1.44 bits per heavy atom. The molecule has 0 aliphatic rings. The van der Waals surface area contributed by atoms with Crippen LogP contribution in [0.3, 0.4) is 0 Å². The third kappa shape index (κ3) is 2.79. The molecule has 0 spiro atoms. The van der Waals surface area contributed by atoms with Gasteiger partial charge in [-0.2, -0.15) is 5.10 Å². The third-order valence-electron chi connectivity index (χ3n) is 2.63. The van der Waals surface area contributed by atoms with E-state index in [9.17, 15) is 4.79 Å². The summed E-state index contributed by atoms with van der Waals surface area (Å²) in [5.41, 5.74) is 2.03. The lowest BCUT2D eigenvalue weighted by Gasteiger charge is -2.05. The highest BCUT2D eigenvalue weighted by Gasteiger charge is 2.13. The van der Waals surface area contributed by atoms with Gasteiger partial charge in [0.1, 0.15) is 5.69 Å². The predicted molar refractivity (Wildman–Crippen MR) is 71.8 cm³/mol. The van der Waals surface area contributed by atoms with Crippen molar-refractivity contribution in [2.75, 3.05) is 0 Å². The molecule has 1 N–H and O–H groups in total. The van der Waals surface area contributed by atoms with E-state index in [2.05, 4.69) is 21.0 Å². The van der Waals surface area contributed by atoms with Crippen molar-refractivity contribution in [2.45, 2.75) is 19.9 Å². The van der Waals surface area contributed by atoms with Crippen LogP contribution in [0.25, 0.3) is 0 Å². The maximum Gasteiger partial charge on any atom is 0.354 e. The zero-order valence-electron chi connectivity index (χ0n) is 9.93. The minimum atomic E-state index is -0.947. The molecule has 0 atom stereocenters. The lowest BCUT2D eigenvalue weighted by molar-refractivity contribution is 0.0684. The third-order valence-corrected chi connectivity index (χ3v) is 3.13. The van der Waals surface area contributed by atoms with Crippen LogP contribution in [0, 0.1) is 0 Å². The summed E-state index contributed by atoms with van der Waals surface area (Å²) in [5.74, 6) is -0.947. The lowest BCUT2D eigenvalue weighted by Crippen LogP contribution is -2.10. The molecule has 94 valence electrons. The van der Waals surface area contributed by atoms with Crippen molar-refractivity contribution < 1.29 is 9.90 Å². The Kier molecular flexibility index (Phi) is 3.81. The van der Waals surface area contributed by atoms with E-state index in [1.807, 2.05) is 31.2 Å². The second kappa shape index (κ2) is 5.35. The molecule has 0 aliphatic heterocycles. The van der Waals surface area contributed by atoms with Gasteiger partial charge in [-0.25, -0.2) is 4.79 Å². The van der Waals surface area contributed by atoms with Crippen molar-refractivity contribution >= 4 is 21.9 Å². The smallest absolute Gasteiger partial charge is 0.354 e. The summed E-state index contributed by atoms with van der Waals surface area (Å²) in [6.45, 7) is 2.42. The summed E-state index contributed by atoms with van der Waals surface area (Å²) in [5, 5.41) is 13.4. The molecule has 5 heteroatoms. The minimum absolute atomic E-state index is 0.229. The van der Waals surface area contributed by atoms with Gasteiger partial charge in [0.05, 0.1) is 12.2 Å². The first kappa shape index (κ1) is 12.8. The first-order valence-electron chi connectivity index (χ1n) is 5.64. The molecule has 0 aliphatic carbocycles. The van der Waals surface area contributed by atoms with Crippen molar-refractivity contribution in [2.24, 2.45) is 0 Å². The van der Waals surface area contributed by atoms with E-state index < -0.39 is 5.97 Å².